The van der Waals surface area contributed by atoms with Crippen LogP contribution in [0.1, 0.15) is 40.3 Å². The van der Waals surface area contributed by atoms with E-state index in [1.165, 1.54) is 12.1 Å². The lowest BCUT2D eigenvalue weighted by molar-refractivity contribution is 0.0939. The van der Waals surface area contributed by atoms with Gasteiger partial charge in [0.15, 0.2) is 0 Å². The summed E-state index contributed by atoms with van der Waals surface area (Å²) in [4.78, 5) is 14.4. The van der Waals surface area contributed by atoms with Crippen molar-refractivity contribution in [3.8, 4) is 0 Å². The average molecular weight is 319 g/mol. The van der Waals surface area contributed by atoms with Crippen LogP contribution < -0.4 is 5.32 Å². The fourth-order valence-electron chi connectivity index (χ4n) is 2.54. The van der Waals surface area contributed by atoms with E-state index < -0.39 is 0 Å². The van der Waals surface area contributed by atoms with Crippen molar-refractivity contribution >= 4 is 5.91 Å². The van der Waals surface area contributed by atoms with Gasteiger partial charge in [-0.15, -0.1) is 0 Å². The number of rotatable bonds is 6. The summed E-state index contributed by atoms with van der Waals surface area (Å²) in [6.07, 6.45) is 0.626. The largest absolute Gasteiger partial charge is 0.361 e. The second-order valence-electron chi connectivity index (χ2n) is 5.66. The lowest BCUT2D eigenvalue weighted by atomic mass is 10.1. The van der Waals surface area contributed by atoms with Gasteiger partial charge in [0.1, 0.15) is 17.1 Å². The zero-order valence-corrected chi connectivity index (χ0v) is 13.9. The van der Waals surface area contributed by atoms with Gasteiger partial charge in [-0.2, -0.15) is 0 Å². The fourth-order valence-corrected chi connectivity index (χ4v) is 2.54. The summed E-state index contributed by atoms with van der Waals surface area (Å²) in [6, 6.07) is 6.28. The first-order valence-electron chi connectivity index (χ1n) is 7.59. The van der Waals surface area contributed by atoms with Gasteiger partial charge in [0, 0.05) is 6.54 Å². The lowest BCUT2D eigenvalue weighted by Gasteiger charge is -2.25. The third-order valence-electron chi connectivity index (χ3n) is 3.81. The van der Waals surface area contributed by atoms with Crippen LogP contribution >= 0.6 is 0 Å². The number of nitrogens with zero attached hydrogens (tertiary/aromatic N) is 2. The molecule has 2 aromatic rings. The second kappa shape index (κ2) is 7.37. The maximum absolute atomic E-state index is 13.4. The Morgan fingerprint density at radius 1 is 1.43 bits per heavy atom. The molecule has 1 atom stereocenters. The molecule has 0 aliphatic rings. The summed E-state index contributed by atoms with van der Waals surface area (Å²) in [5, 5.41) is 6.79. The minimum atomic E-state index is -0.288. The molecule has 0 saturated carbocycles. The van der Waals surface area contributed by atoms with Gasteiger partial charge in [-0.05, 0) is 45.1 Å². The molecular weight excluding hydrogens is 297 g/mol. The maximum Gasteiger partial charge on any atom is 0.256 e. The molecule has 2 rings (SSSR count). The molecule has 0 aliphatic carbocycles. The molecule has 0 aliphatic heterocycles. The van der Waals surface area contributed by atoms with Gasteiger partial charge < -0.3 is 14.7 Å². The molecule has 1 heterocycles. The number of aryl methyl sites for hydroxylation is 2. The zero-order chi connectivity index (χ0) is 17.0. The minimum absolute atomic E-state index is 0.125. The van der Waals surface area contributed by atoms with Crippen molar-refractivity contribution in [2.24, 2.45) is 0 Å². The van der Waals surface area contributed by atoms with E-state index in [1.54, 1.807) is 13.0 Å². The van der Waals surface area contributed by atoms with Crippen LogP contribution in [0.2, 0.25) is 0 Å². The van der Waals surface area contributed by atoms with E-state index in [4.69, 9.17) is 4.52 Å². The molecule has 1 N–H and O–H groups in total. The number of amides is 1. The number of aromatic nitrogens is 1. The van der Waals surface area contributed by atoms with Crippen LogP contribution in [0.25, 0.3) is 0 Å². The Kier molecular flexibility index (Phi) is 5.50. The van der Waals surface area contributed by atoms with Gasteiger partial charge in [-0.25, -0.2) is 4.39 Å². The first-order chi connectivity index (χ1) is 10.9. The molecule has 0 saturated heterocycles. The normalized spacial score (nSPS) is 12.4. The third-order valence-corrected chi connectivity index (χ3v) is 3.81. The Morgan fingerprint density at radius 2 is 2.17 bits per heavy atom. The van der Waals surface area contributed by atoms with Crippen LogP contribution in [0.5, 0.6) is 0 Å². The molecule has 5 nitrogen and oxygen atoms in total. The van der Waals surface area contributed by atoms with Crippen molar-refractivity contribution in [3.05, 3.63) is 52.7 Å². The first kappa shape index (κ1) is 17.1. The van der Waals surface area contributed by atoms with E-state index in [0.717, 1.165) is 5.56 Å². The molecule has 0 spiro atoms. The minimum Gasteiger partial charge on any atom is -0.361 e. The van der Waals surface area contributed by atoms with Crippen molar-refractivity contribution in [2.45, 2.75) is 26.3 Å². The van der Waals surface area contributed by atoms with Gasteiger partial charge in [-0.1, -0.05) is 24.2 Å². The average Bonchev–Trinajstić information content (AvgIpc) is 2.88. The van der Waals surface area contributed by atoms with Crippen LogP contribution in [0.4, 0.5) is 4.39 Å². The highest BCUT2D eigenvalue weighted by molar-refractivity contribution is 5.96. The second-order valence-corrected chi connectivity index (χ2v) is 5.66. The van der Waals surface area contributed by atoms with Gasteiger partial charge in [0.25, 0.3) is 5.91 Å². The molecule has 1 unspecified atom stereocenters. The number of carbonyl (C=O) groups excluding carboxylic acids is 1. The maximum atomic E-state index is 13.4. The number of benzene rings is 1. The predicted molar refractivity (Wildman–Crippen MR) is 85.8 cm³/mol. The van der Waals surface area contributed by atoms with Crippen molar-refractivity contribution in [1.82, 2.24) is 15.4 Å². The summed E-state index contributed by atoms with van der Waals surface area (Å²) < 4.78 is 18.5. The highest BCUT2D eigenvalue weighted by Crippen LogP contribution is 2.19. The molecule has 1 aromatic heterocycles. The monoisotopic (exact) mass is 319 g/mol. The quantitative estimate of drug-likeness (QED) is 0.889. The predicted octanol–water partition coefficient (Wildman–Crippen LogP) is 2.72. The molecular formula is C17H22FN3O2. The van der Waals surface area contributed by atoms with E-state index in [1.807, 2.05) is 32.0 Å². The van der Waals surface area contributed by atoms with Gasteiger partial charge >= 0.3 is 0 Å². The Hall–Kier alpha value is -2.21. The summed E-state index contributed by atoms with van der Waals surface area (Å²) in [5.41, 5.74) is 1.95. The highest BCUT2D eigenvalue weighted by atomic mass is 19.1. The van der Waals surface area contributed by atoms with E-state index >= 15 is 0 Å². The number of hydrogen-bond acceptors (Lipinski definition) is 4. The summed E-state index contributed by atoms with van der Waals surface area (Å²) in [6.45, 7) is 4.00. The van der Waals surface area contributed by atoms with Crippen molar-refractivity contribution in [3.63, 3.8) is 0 Å². The molecule has 124 valence electrons. The molecule has 0 radical (unpaired) electrons. The number of hydrogen-bond donors (Lipinski definition) is 1. The van der Waals surface area contributed by atoms with E-state index in [9.17, 15) is 9.18 Å². The number of likely N-dealkylation sites (N-methyl/N-ethyl adjacent to an activating group) is 1. The fraction of sp³-hybridized carbons (Fsp3) is 0.412. The number of nitrogens with one attached hydrogen (secondary N) is 1. The SMILES string of the molecule is CCc1noc(C)c1C(=O)NCC(c1cccc(F)c1)N(C)C. The van der Waals surface area contributed by atoms with Crippen LogP contribution in [0.15, 0.2) is 28.8 Å². The molecule has 23 heavy (non-hydrogen) atoms. The summed E-state index contributed by atoms with van der Waals surface area (Å²) in [5.74, 6) is -0.000753. The standard InChI is InChI=1S/C17H22FN3O2/c1-5-14-16(11(2)23-20-14)17(22)19-10-15(21(3)4)12-7-6-8-13(18)9-12/h6-9,15H,5,10H2,1-4H3,(H,19,22). The van der Waals surface area contributed by atoms with Crippen molar-refractivity contribution in [1.29, 1.82) is 0 Å². The first-order valence-corrected chi connectivity index (χ1v) is 7.59. The Morgan fingerprint density at radius 3 is 2.78 bits per heavy atom. The highest BCUT2D eigenvalue weighted by Gasteiger charge is 2.21. The smallest absolute Gasteiger partial charge is 0.256 e. The number of halogens is 1. The van der Waals surface area contributed by atoms with Crippen LogP contribution in [-0.4, -0.2) is 36.6 Å². The Bertz CT molecular complexity index is 682. The topological polar surface area (TPSA) is 58.4 Å². The van der Waals surface area contributed by atoms with E-state index in [-0.39, 0.29) is 17.8 Å². The molecule has 0 bridgehead atoms. The number of carbonyl (C=O) groups is 1. The van der Waals surface area contributed by atoms with Gasteiger partial charge in [-0.3, -0.25) is 4.79 Å². The van der Waals surface area contributed by atoms with Crippen molar-refractivity contribution < 1.29 is 13.7 Å². The lowest BCUT2D eigenvalue weighted by Crippen LogP contribution is -2.35. The van der Waals surface area contributed by atoms with Gasteiger partial charge in [0.05, 0.1) is 11.7 Å². The van der Waals surface area contributed by atoms with E-state index in [0.29, 0.717) is 30.0 Å². The van der Waals surface area contributed by atoms with E-state index in [2.05, 4.69) is 10.5 Å². The molecule has 1 aromatic carbocycles. The summed E-state index contributed by atoms with van der Waals surface area (Å²) in [7, 11) is 3.79. The molecule has 0 fully saturated rings. The van der Waals surface area contributed by atoms with Crippen LogP contribution in [0, 0.1) is 12.7 Å². The third kappa shape index (κ3) is 3.96. The molecule has 1 amide bonds. The summed E-state index contributed by atoms with van der Waals surface area (Å²) >= 11 is 0. The zero-order valence-electron chi connectivity index (χ0n) is 13.9. The van der Waals surface area contributed by atoms with Gasteiger partial charge in [0.2, 0.25) is 0 Å². The van der Waals surface area contributed by atoms with Crippen LogP contribution in [-0.2, 0) is 6.42 Å². The van der Waals surface area contributed by atoms with Crippen LogP contribution in [0.3, 0.4) is 0 Å². The molecule has 6 heteroatoms. The Balaban J connectivity index is 2.13. The van der Waals surface area contributed by atoms with Crippen molar-refractivity contribution in [2.75, 3.05) is 20.6 Å². The Labute approximate surface area is 135 Å².